The number of hydrogen-bond acceptors (Lipinski definition) is 3. The lowest BCUT2D eigenvalue weighted by atomic mass is 10.1. The van der Waals surface area contributed by atoms with Gasteiger partial charge in [-0.15, -0.1) is 11.8 Å². The van der Waals surface area contributed by atoms with Crippen LogP contribution in [0.3, 0.4) is 0 Å². The van der Waals surface area contributed by atoms with E-state index in [9.17, 15) is 0 Å². The molecule has 2 nitrogen and oxygen atoms in total. The second-order valence-electron chi connectivity index (χ2n) is 4.01. The van der Waals surface area contributed by atoms with Crippen LogP contribution in [0.15, 0.2) is 36.5 Å². The van der Waals surface area contributed by atoms with Gasteiger partial charge in [-0.05, 0) is 42.5 Å². The largest absolute Gasteiger partial charge is 0.302 e. The molecule has 82 valence electrons. The highest BCUT2D eigenvalue weighted by atomic mass is 32.2. The fraction of sp³-hybridized carbons (Fsp3) is 0.308. The summed E-state index contributed by atoms with van der Waals surface area (Å²) in [6, 6.07) is 10.7. The van der Waals surface area contributed by atoms with Crippen LogP contribution in [0.25, 0.3) is 10.9 Å². The molecule has 1 N–H and O–H groups in total. The fourth-order valence-electron chi connectivity index (χ4n) is 2.04. The first-order chi connectivity index (χ1) is 7.93. The molecule has 3 heteroatoms. The van der Waals surface area contributed by atoms with Gasteiger partial charge in [0.2, 0.25) is 0 Å². The minimum absolute atomic E-state index is 0.457. The van der Waals surface area contributed by atoms with Gasteiger partial charge in [0.1, 0.15) is 0 Å². The maximum absolute atomic E-state index is 4.34. The molecule has 1 aromatic heterocycles. The predicted octanol–water partition coefficient (Wildman–Crippen LogP) is 2.96. The Labute approximate surface area is 99.5 Å². The molecular weight excluding hydrogens is 216 g/mol. The molecule has 1 aromatic carbocycles. The Morgan fingerprint density at radius 2 is 2.31 bits per heavy atom. The molecule has 0 amide bonds. The molecule has 1 aliphatic heterocycles. The molecule has 2 aromatic rings. The van der Waals surface area contributed by atoms with Crippen LogP contribution in [0, 0.1) is 0 Å². The summed E-state index contributed by atoms with van der Waals surface area (Å²) < 4.78 is 0. The van der Waals surface area contributed by atoms with Gasteiger partial charge in [-0.2, -0.15) is 0 Å². The van der Waals surface area contributed by atoms with Gasteiger partial charge >= 0.3 is 0 Å². The molecule has 2 heterocycles. The summed E-state index contributed by atoms with van der Waals surface area (Å²) in [5, 5.41) is 5.23. The van der Waals surface area contributed by atoms with E-state index in [2.05, 4.69) is 34.6 Å². The quantitative estimate of drug-likeness (QED) is 0.815. The third kappa shape index (κ3) is 1.93. The van der Waals surface area contributed by atoms with Crippen LogP contribution in [0.5, 0.6) is 0 Å². The summed E-state index contributed by atoms with van der Waals surface area (Å²) in [4.78, 5) is 4.34. The van der Waals surface area contributed by atoms with E-state index in [4.69, 9.17) is 0 Å². The van der Waals surface area contributed by atoms with Crippen LogP contribution in [-0.4, -0.2) is 17.3 Å². The van der Waals surface area contributed by atoms with Gasteiger partial charge in [-0.1, -0.05) is 12.1 Å². The van der Waals surface area contributed by atoms with Gasteiger partial charge < -0.3 is 5.32 Å². The highest BCUT2D eigenvalue weighted by Crippen LogP contribution is 2.30. The van der Waals surface area contributed by atoms with Crippen LogP contribution in [-0.2, 0) is 0 Å². The molecule has 0 bridgehead atoms. The number of thioether (sulfide) groups is 1. The molecule has 1 aliphatic rings. The van der Waals surface area contributed by atoms with Gasteiger partial charge in [0.05, 0.1) is 10.9 Å². The molecule has 1 unspecified atom stereocenters. The van der Waals surface area contributed by atoms with Crippen LogP contribution in [0.2, 0.25) is 0 Å². The van der Waals surface area contributed by atoms with Gasteiger partial charge in [-0.3, -0.25) is 4.98 Å². The first kappa shape index (κ1) is 10.1. The van der Waals surface area contributed by atoms with Crippen molar-refractivity contribution in [1.29, 1.82) is 0 Å². The molecule has 0 spiro atoms. The molecule has 1 fully saturated rings. The maximum atomic E-state index is 4.34. The molecule has 3 rings (SSSR count). The zero-order valence-electron chi connectivity index (χ0n) is 9.02. The summed E-state index contributed by atoms with van der Waals surface area (Å²) in [6.45, 7) is 1.13. The predicted molar refractivity (Wildman–Crippen MR) is 69.6 cm³/mol. The van der Waals surface area contributed by atoms with E-state index in [0.717, 1.165) is 12.1 Å². The number of rotatable bonds is 1. The zero-order chi connectivity index (χ0) is 10.8. The third-order valence-electron chi connectivity index (χ3n) is 2.87. The number of fused-ring (bicyclic) bond motifs is 1. The number of nitrogens with zero attached hydrogens (tertiary/aromatic N) is 1. The normalized spacial score (nSPS) is 21.1. The van der Waals surface area contributed by atoms with Crippen LogP contribution in [0.1, 0.15) is 17.4 Å². The number of aromatic nitrogens is 1. The Kier molecular flexibility index (Phi) is 2.80. The minimum atomic E-state index is 0.457. The van der Waals surface area contributed by atoms with E-state index in [0.29, 0.717) is 5.37 Å². The highest BCUT2D eigenvalue weighted by Gasteiger charge is 2.15. The number of pyridine rings is 1. The lowest BCUT2D eigenvalue weighted by Gasteiger charge is -2.23. The van der Waals surface area contributed by atoms with Crippen LogP contribution in [0.4, 0.5) is 0 Å². The Morgan fingerprint density at radius 3 is 3.19 bits per heavy atom. The first-order valence-electron chi connectivity index (χ1n) is 5.63. The van der Waals surface area contributed by atoms with Crippen molar-refractivity contribution in [3.05, 3.63) is 42.1 Å². The second-order valence-corrected chi connectivity index (χ2v) is 5.23. The van der Waals surface area contributed by atoms with E-state index in [1.54, 1.807) is 0 Å². The monoisotopic (exact) mass is 230 g/mol. The molecule has 0 saturated carbocycles. The van der Waals surface area contributed by atoms with Gasteiger partial charge in [0.15, 0.2) is 0 Å². The van der Waals surface area contributed by atoms with E-state index < -0.39 is 0 Å². The lowest BCUT2D eigenvalue weighted by Crippen LogP contribution is -2.25. The summed E-state index contributed by atoms with van der Waals surface area (Å²) in [5.41, 5.74) is 2.44. The number of hydrogen-bond donors (Lipinski definition) is 1. The van der Waals surface area contributed by atoms with E-state index in [-0.39, 0.29) is 0 Å². The molecule has 1 saturated heterocycles. The highest BCUT2D eigenvalue weighted by molar-refractivity contribution is 7.99. The Hall–Kier alpha value is -1.06. The molecule has 0 aliphatic carbocycles. The summed E-state index contributed by atoms with van der Waals surface area (Å²) >= 11 is 1.99. The van der Waals surface area contributed by atoms with Crippen molar-refractivity contribution in [2.24, 2.45) is 0 Å². The third-order valence-corrected chi connectivity index (χ3v) is 4.16. The van der Waals surface area contributed by atoms with E-state index in [1.807, 2.05) is 24.0 Å². The molecule has 1 atom stereocenters. The maximum Gasteiger partial charge on any atom is 0.0789 e. The minimum Gasteiger partial charge on any atom is -0.302 e. The lowest BCUT2D eigenvalue weighted by molar-refractivity contribution is 0.643. The summed E-state index contributed by atoms with van der Waals surface area (Å²) in [6.07, 6.45) is 3.12. The Bertz CT molecular complexity index is 492. The Balaban J connectivity index is 1.97. The summed E-state index contributed by atoms with van der Waals surface area (Å²) in [7, 11) is 0. The smallest absolute Gasteiger partial charge is 0.0789 e. The van der Waals surface area contributed by atoms with Crippen molar-refractivity contribution in [2.45, 2.75) is 11.8 Å². The van der Waals surface area contributed by atoms with Crippen molar-refractivity contribution in [3.63, 3.8) is 0 Å². The number of nitrogens with one attached hydrogen (secondary N) is 1. The average molecular weight is 230 g/mol. The molecule has 0 radical (unpaired) electrons. The van der Waals surface area contributed by atoms with Crippen LogP contribution >= 0.6 is 11.8 Å². The Morgan fingerprint density at radius 1 is 1.31 bits per heavy atom. The van der Waals surface area contributed by atoms with Gasteiger partial charge in [0.25, 0.3) is 0 Å². The zero-order valence-corrected chi connectivity index (χ0v) is 9.83. The van der Waals surface area contributed by atoms with E-state index >= 15 is 0 Å². The topological polar surface area (TPSA) is 24.9 Å². The second kappa shape index (κ2) is 4.44. The standard InChI is InChI=1S/C13H14N2S/c1-3-10-9-11(4-5-12(10)14-6-1)13-15-7-2-8-16-13/h1,3-6,9,13,15H,2,7-8H2. The average Bonchev–Trinajstić information content (AvgIpc) is 2.39. The van der Waals surface area contributed by atoms with Gasteiger partial charge in [-0.25, -0.2) is 0 Å². The van der Waals surface area contributed by atoms with Crippen molar-refractivity contribution in [3.8, 4) is 0 Å². The molecule has 16 heavy (non-hydrogen) atoms. The van der Waals surface area contributed by atoms with E-state index in [1.165, 1.54) is 23.1 Å². The summed E-state index contributed by atoms with van der Waals surface area (Å²) in [5.74, 6) is 1.25. The fourth-order valence-corrected chi connectivity index (χ4v) is 3.16. The first-order valence-corrected chi connectivity index (χ1v) is 6.68. The van der Waals surface area contributed by atoms with Crippen molar-refractivity contribution < 1.29 is 0 Å². The molecular formula is C13H14N2S. The van der Waals surface area contributed by atoms with Crippen LogP contribution < -0.4 is 5.32 Å². The van der Waals surface area contributed by atoms with Gasteiger partial charge in [0, 0.05) is 11.6 Å². The van der Waals surface area contributed by atoms with Crippen molar-refractivity contribution in [2.75, 3.05) is 12.3 Å². The van der Waals surface area contributed by atoms with Crippen molar-refractivity contribution in [1.82, 2.24) is 10.3 Å². The van der Waals surface area contributed by atoms with Crippen molar-refractivity contribution >= 4 is 22.7 Å². The SMILES string of the molecule is c1cnc2ccc(C3NCCCS3)cc2c1. The number of benzene rings is 1.